The summed E-state index contributed by atoms with van der Waals surface area (Å²) in [6.07, 6.45) is 10.9. The Bertz CT molecular complexity index is 347. The summed E-state index contributed by atoms with van der Waals surface area (Å²) < 4.78 is 0. The van der Waals surface area contributed by atoms with Gasteiger partial charge in [0.2, 0.25) is 5.91 Å². The molecule has 1 aromatic rings. The molecule has 2 N–H and O–H groups in total. The second-order valence-corrected chi connectivity index (χ2v) is 4.85. The third kappa shape index (κ3) is 5.84. The quantitative estimate of drug-likeness (QED) is 0.656. The van der Waals surface area contributed by atoms with Crippen molar-refractivity contribution in [2.24, 2.45) is 0 Å². The van der Waals surface area contributed by atoms with E-state index in [4.69, 9.17) is 0 Å². The number of aryl methyl sites for hydroxylation is 1. The zero-order valence-electron chi connectivity index (χ0n) is 11.6. The fourth-order valence-electron chi connectivity index (χ4n) is 1.92. The Balaban J connectivity index is 2.02. The molecule has 0 saturated heterocycles. The summed E-state index contributed by atoms with van der Waals surface area (Å²) >= 11 is 0. The summed E-state index contributed by atoms with van der Waals surface area (Å²) in [4.78, 5) is 11.6. The number of hydrogen-bond donors (Lipinski definition) is 2. The van der Waals surface area contributed by atoms with Crippen molar-refractivity contribution in [1.29, 1.82) is 0 Å². The fourth-order valence-corrected chi connectivity index (χ4v) is 1.92. The normalized spacial score (nSPS) is 10.6. The summed E-state index contributed by atoms with van der Waals surface area (Å²) in [6.45, 7) is 4.15. The van der Waals surface area contributed by atoms with Gasteiger partial charge in [0, 0.05) is 12.0 Å². The molecule has 1 aromatic heterocycles. The molecular weight excluding hydrogens is 226 g/mol. The predicted molar refractivity (Wildman–Crippen MR) is 74.6 cm³/mol. The fraction of sp³-hybridized carbons (Fsp3) is 0.714. The van der Waals surface area contributed by atoms with Crippen molar-refractivity contribution < 1.29 is 4.79 Å². The molecule has 0 fully saturated rings. The maximum absolute atomic E-state index is 11.6. The third-order valence-corrected chi connectivity index (χ3v) is 3.10. The number of nitrogens with zero attached hydrogens (tertiary/aromatic N) is 1. The van der Waals surface area contributed by atoms with Crippen molar-refractivity contribution in [3.8, 4) is 0 Å². The molecule has 0 atom stereocenters. The van der Waals surface area contributed by atoms with E-state index in [1.165, 1.54) is 32.1 Å². The highest BCUT2D eigenvalue weighted by atomic mass is 16.1. The first-order valence-electron chi connectivity index (χ1n) is 7.04. The molecule has 0 radical (unpaired) electrons. The first kappa shape index (κ1) is 14.7. The number of carbonyl (C=O) groups excluding carboxylic acids is 1. The molecule has 0 aromatic carbocycles. The van der Waals surface area contributed by atoms with E-state index in [1.807, 2.05) is 6.92 Å². The van der Waals surface area contributed by atoms with Crippen molar-refractivity contribution in [3.05, 3.63) is 11.8 Å². The highest BCUT2D eigenvalue weighted by Gasteiger charge is 2.05. The number of amides is 1. The number of hydrogen-bond acceptors (Lipinski definition) is 2. The van der Waals surface area contributed by atoms with Gasteiger partial charge in [0.25, 0.3) is 0 Å². The molecule has 0 bridgehead atoms. The number of aromatic amines is 1. The average molecular weight is 251 g/mol. The summed E-state index contributed by atoms with van der Waals surface area (Å²) in [5.74, 6) is 0.804. The van der Waals surface area contributed by atoms with Gasteiger partial charge >= 0.3 is 0 Å². The monoisotopic (exact) mass is 251 g/mol. The smallest absolute Gasteiger partial charge is 0.225 e. The Morgan fingerprint density at radius 3 is 2.50 bits per heavy atom. The first-order valence-corrected chi connectivity index (χ1v) is 7.04. The van der Waals surface area contributed by atoms with E-state index in [-0.39, 0.29) is 5.91 Å². The maximum atomic E-state index is 11.6. The summed E-state index contributed by atoms with van der Waals surface area (Å²) in [7, 11) is 0. The van der Waals surface area contributed by atoms with Gasteiger partial charge in [-0.05, 0) is 13.3 Å². The SMILES string of the molecule is CCCCCCCCCC(=O)Nc1[nH]ncc1C. The zero-order chi connectivity index (χ0) is 13.2. The van der Waals surface area contributed by atoms with Gasteiger partial charge in [0.1, 0.15) is 5.82 Å². The lowest BCUT2D eigenvalue weighted by Crippen LogP contribution is -2.12. The van der Waals surface area contributed by atoms with Crippen LogP contribution < -0.4 is 5.32 Å². The van der Waals surface area contributed by atoms with Crippen LogP contribution in [0.2, 0.25) is 0 Å². The van der Waals surface area contributed by atoms with Crippen LogP contribution in [0.5, 0.6) is 0 Å². The topological polar surface area (TPSA) is 57.8 Å². The van der Waals surface area contributed by atoms with Crippen LogP contribution in [-0.4, -0.2) is 16.1 Å². The molecule has 1 amide bonds. The Morgan fingerprint density at radius 2 is 1.89 bits per heavy atom. The van der Waals surface area contributed by atoms with Crippen molar-refractivity contribution >= 4 is 11.7 Å². The van der Waals surface area contributed by atoms with E-state index in [0.29, 0.717) is 6.42 Å². The Morgan fingerprint density at radius 1 is 1.22 bits per heavy atom. The number of aromatic nitrogens is 2. The van der Waals surface area contributed by atoms with Gasteiger partial charge in [0.15, 0.2) is 0 Å². The zero-order valence-corrected chi connectivity index (χ0v) is 11.6. The minimum atomic E-state index is 0.0795. The van der Waals surface area contributed by atoms with Gasteiger partial charge in [-0.2, -0.15) is 5.10 Å². The Kier molecular flexibility index (Phi) is 7.14. The lowest BCUT2D eigenvalue weighted by molar-refractivity contribution is -0.116. The Hall–Kier alpha value is -1.32. The maximum Gasteiger partial charge on any atom is 0.225 e. The lowest BCUT2D eigenvalue weighted by atomic mass is 10.1. The molecule has 4 nitrogen and oxygen atoms in total. The molecule has 0 aliphatic heterocycles. The molecule has 0 aliphatic rings. The van der Waals surface area contributed by atoms with E-state index in [2.05, 4.69) is 22.4 Å². The molecule has 4 heteroatoms. The predicted octanol–water partition coefficient (Wildman–Crippen LogP) is 3.80. The van der Waals surface area contributed by atoms with Crippen molar-refractivity contribution in [1.82, 2.24) is 10.2 Å². The second-order valence-electron chi connectivity index (χ2n) is 4.85. The molecule has 1 rings (SSSR count). The van der Waals surface area contributed by atoms with E-state index >= 15 is 0 Å². The lowest BCUT2D eigenvalue weighted by Gasteiger charge is -2.04. The van der Waals surface area contributed by atoms with E-state index in [9.17, 15) is 4.79 Å². The number of nitrogens with one attached hydrogen (secondary N) is 2. The molecule has 0 unspecified atom stereocenters. The van der Waals surface area contributed by atoms with Gasteiger partial charge in [-0.15, -0.1) is 0 Å². The number of carbonyl (C=O) groups is 1. The van der Waals surface area contributed by atoms with Gasteiger partial charge in [-0.1, -0.05) is 45.4 Å². The number of H-pyrrole nitrogens is 1. The molecule has 0 saturated carbocycles. The molecule has 0 spiro atoms. The molecule has 1 heterocycles. The highest BCUT2D eigenvalue weighted by Crippen LogP contribution is 2.11. The average Bonchev–Trinajstić information content (AvgIpc) is 2.74. The van der Waals surface area contributed by atoms with Gasteiger partial charge in [0.05, 0.1) is 6.20 Å². The van der Waals surface area contributed by atoms with Crippen LogP contribution in [-0.2, 0) is 4.79 Å². The summed E-state index contributed by atoms with van der Waals surface area (Å²) in [5, 5.41) is 9.50. The van der Waals surface area contributed by atoms with Crippen LogP contribution in [0.3, 0.4) is 0 Å². The van der Waals surface area contributed by atoms with Crippen LogP contribution in [0.25, 0.3) is 0 Å². The largest absolute Gasteiger partial charge is 0.311 e. The van der Waals surface area contributed by atoms with Crippen LogP contribution in [0.1, 0.15) is 63.9 Å². The van der Waals surface area contributed by atoms with Gasteiger partial charge < -0.3 is 5.32 Å². The van der Waals surface area contributed by atoms with Crippen molar-refractivity contribution in [2.75, 3.05) is 5.32 Å². The number of rotatable bonds is 9. The molecular formula is C14H25N3O. The molecule has 102 valence electrons. The highest BCUT2D eigenvalue weighted by molar-refractivity contribution is 5.90. The first-order chi connectivity index (χ1) is 8.74. The van der Waals surface area contributed by atoms with Gasteiger partial charge in [-0.25, -0.2) is 0 Å². The van der Waals surface area contributed by atoms with Crippen molar-refractivity contribution in [2.45, 2.75) is 65.2 Å². The molecule has 18 heavy (non-hydrogen) atoms. The standard InChI is InChI=1S/C14H25N3O/c1-3-4-5-6-7-8-9-10-13(18)16-14-12(2)11-15-17-14/h11H,3-10H2,1-2H3,(H2,15,16,17,18). The number of unbranched alkanes of at least 4 members (excludes halogenated alkanes) is 6. The summed E-state index contributed by atoms with van der Waals surface area (Å²) in [5.41, 5.74) is 0.975. The van der Waals surface area contributed by atoms with E-state index in [1.54, 1.807) is 6.20 Å². The van der Waals surface area contributed by atoms with E-state index < -0.39 is 0 Å². The summed E-state index contributed by atoms with van der Waals surface area (Å²) in [6, 6.07) is 0. The molecule has 0 aliphatic carbocycles. The van der Waals surface area contributed by atoms with Crippen LogP contribution in [0, 0.1) is 6.92 Å². The van der Waals surface area contributed by atoms with Crippen LogP contribution in [0.4, 0.5) is 5.82 Å². The second kappa shape index (κ2) is 8.72. The van der Waals surface area contributed by atoms with Gasteiger partial charge in [-0.3, -0.25) is 9.89 Å². The Labute approximate surface area is 110 Å². The van der Waals surface area contributed by atoms with E-state index in [0.717, 1.165) is 24.2 Å². The third-order valence-electron chi connectivity index (χ3n) is 3.10. The van der Waals surface area contributed by atoms with Crippen molar-refractivity contribution in [3.63, 3.8) is 0 Å². The van der Waals surface area contributed by atoms with Crippen LogP contribution >= 0.6 is 0 Å². The van der Waals surface area contributed by atoms with Crippen LogP contribution in [0.15, 0.2) is 6.20 Å². The minimum Gasteiger partial charge on any atom is -0.311 e. The number of anilines is 1. The minimum absolute atomic E-state index is 0.0795.